The number of aromatic nitrogens is 2. The van der Waals surface area contributed by atoms with Gasteiger partial charge in [0.2, 0.25) is 0 Å². The molecule has 0 aliphatic carbocycles. The number of hydrogen-bond donors (Lipinski definition) is 2. The highest BCUT2D eigenvalue weighted by Crippen LogP contribution is 2.30. The van der Waals surface area contributed by atoms with Crippen LogP contribution in [-0.2, 0) is 19.8 Å². The molecule has 0 saturated carbocycles. The predicted octanol–water partition coefficient (Wildman–Crippen LogP) is 1.47. The third kappa shape index (κ3) is 4.95. The van der Waals surface area contributed by atoms with Gasteiger partial charge < -0.3 is 10.6 Å². The van der Waals surface area contributed by atoms with E-state index >= 15 is 0 Å². The molecule has 0 spiro atoms. The van der Waals surface area contributed by atoms with E-state index in [9.17, 15) is 13.2 Å². The lowest BCUT2D eigenvalue weighted by atomic mass is 10.2. The Morgan fingerprint density at radius 3 is 2.70 bits per heavy atom. The minimum Gasteiger partial charge on any atom is -0.356 e. The summed E-state index contributed by atoms with van der Waals surface area (Å²) in [5, 5.41) is 9.31. The van der Waals surface area contributed by atoms with E-state index in [0.29, 0.717) is 12.5 Å². The minimum atomic E-state index is -4.45. The van der Waals surface area contributed by atoms with Gasteiger partial charge in [-0.1, -0.05) is 0 Å². The van der Waals surface area contributed by atoms with Gasteiger partial charge in [-0.2, -0.15) is 30.0 Å². The van der Waals surface area contributed by atoms with Gasteiger partial charge in [-0.05, 0) is 6.26 Å². The molecule has 9 heteroatoms. The molecular formula is C11H18F3N5S. The Bertz CT molecular complexity index is 455. The number of aliphatic imine (C=N–C) groups is 1. The molecule has 20 heavy (non-hydrogen) atoms. The van der Waals surface area contributed by atoms with Gasteiger partial charge in [0.1, 0.15) is 0 Å². The van der Waals surface area contributed by atoms with Crippen molar-refractivity contribution >= 4 is 17.7 Å². The molecule has 0 atom stereocenters. The lowest BCUT2D eigenvalue weighted by molar-refractivity contribution is -0.142. The Kier molecular flexibility index (Phi) is 6.18. The molecule has 0 radical (unpaired) electrons. The molecule has 114 valence electrons. The molecular weight excluding hydrogens is 291 g/mol. The summed E-state index contributed by atoms with van der Waals surface area (Å²) >= 11 is 1.67. The van der Waals surface area contributed by atoms with E-state index in [1.165, 1.54) is 13.2 Å². The molecule has 0 bridgehead atoms. The summed E-state index contributed by atoms with van der Waals surface area (Å²) in [5.41, 5.74) is -0.778. The summed E-state index contributed by atoms with van der Waals surface area (Å²) in [5.74, 6) is 1.36. The average Bonchev–Trinajstić information content (AvgIpc) is 2.75. The van der Waals surface area contributed by atoms with Crippen molar-refractivity contribution in [3.05, 3.63) is 17.5 Å². The number of nitrogens with zero attached hydrogens (tertiary/aromatic N) is 3. The van der Waals surface area contributed by atoms with Gasteiger partial charge in [0, 0.05) is 44.7 Å². The van der Waals surface area contributed by atoms with Crippen molar-refractivity contribution in [1.82, 2.24) is 20.4 Å². The van der Waals surface area contributed by atoms with E-state index in [1.54, 1.807) is 18.8 Å². The van der Waals surface area contributed by atoms with Crippen molar-refractivity contribution in [1.29, 1.82) is 0 Å². The second-order valence-corrected chi connectivity index (χ2v) is 5.01. The van der Waals surface area contributed by atoms with Crippen molar-refractivity contribution in [3.63, 3.8) is 0 Å². The van der Waals surface area contributed by atoms with Gasteiger partial charge in [0.15, 0.2) is 11.7 Å². The van der Waals surface area contributed by atoms with Gasteiger partial charge in [-0.25, -0.2) is 0 Å². The molecule has 0 amide bonds. The Morgan fingerprint density at radius 2 is 2.15 bits per heavy atom. The quantitative estimate of drug-likeness (QED) is 0.491. The third-order valence-electron chi connectivity index (χ3n) is 2.44. The number of aryl methyl sites for hydroxylation is 1. The number of halogens is 3. The maximum absolute atomic E-state index is 12.8. The molecule has 5 nitrogen and oxygen atoms in total. The van der Waals surface area contributed by atoms with Gasteiger partial charge in [-0.3, -0.25) is 9.67 Å². The lowest BCUT2D eigenvalue weighted by Crippen LogP contribution is -2.38. The van der Waals surface area contributed by atoms with Gasteiger partial charge in [0.25, 0.3) is 0 Å². The maximum atomic E-state index is 12.8. The predicted molar refractivity (Wildman–Crippen MR) is 74.8 cm³/mol. The standard InChI is InChI=1S/C11H18F3N5S/c1-15-10(16-4-5-20-3)17-6-8-7-19(2)18-9(8)11(12,13)14/h7H,4-6H2,1-3H3,(H2,15,16,17). The zero-order valence-corrected chi connectivity index (χ0v) is 12.4. The zero-order valence-electron chi connectivity index (χ0n) is 11.6. The molecule has 0 fully saturated rings. The number of rotatable bonds is 5. The first kappa shape index (κ1) is 16.7. The molecule has 2 N–H and O–H groups in total. The summed E-state index contributed by atoms with van der Waals surface area (Å²) in [4.78, 5) is 3.95. The van der Waals surface area contributed by atoms with E-state index in [2.05, 4.69) is 20.7 Å². The largest absolute Gasteiger partial charge is 0.435 e. The minimum absolute atomic E-state index is 0.0155. The first-order valence-corrected chi connectivity index (χ1v) is 7.31. The van der Waals surface area contributed by atoms with Crippen LogP contribution in [0.5, 0.6) is 0 Å². The van der Waals surface area contributed by atoms with Crippen LogP contribution in [0.4, 0.5) is 13.2 Å². The molecule has 1 rings (SSSR count). The maximum Gasteiger partial charge on any atom is 0.435 e. The zero-order chi connectivity index (χ0) is 15.2. The van der Waals surface area contributed by atoms with Gasteiger partial charge >= 0.3 is 6.18 Å². The van der Waals surface area contributed by atoms with E-state index in [-0.39, 0.29) is 12.1 Å². The molecule has 0 aliphatic rings. The smallest absolute Gasteiger partial charge is 0.356 e. The fourth-order valence-electron chi connectivity index (χ4n) is 1.58. The van der Waals surface area contributed by atoms with Crippen LogP contribution in [0.3, 0.4) is 0 Å². The number of alkyl halides is 3. The monoisotopic (exact) mass is 309 g/mol. The first-order valence-electron chi connectivity index (χ1n) is 5.91. The van der Waals surface area contributed by atoms with Crippen LogP contribution in [0.25, 0.3) is 0 Å². The average molecular weight is 309 g/mol. The van der Waals surface area contributed by atoms with Crippen molar-refractivity contribution in [3.8, 4) is 0 Å². The Morgan fingerprint density at radius 1 is 1.45 bits per heavy atom. The van der Waals surface area contributed by atoms with Crippen LogP contribution < -0.4 is 10.6 Å². The van der Waals surface area contributed by atoms with Gasteiger partial charge in [-0.15, -0.1) is 0 Å². The normalized spacial score (nSPS) is 12.6. The molecule has 1 heterocycles. The van der Waals surface area contributed by atoms with Crippen molar-refractivity contribution < 1.29 is 13.2 Å². The Balaban J connectivity index is 2.65. The summed E-state index contributed by atoms with van der Waals surface area (Å²) in [6.45, 7) is 0.710. The fourth-order valence-corrected chi connectivity index (χ4v) is 1.88. The summed E-state index contributed by atoms with van der Waals surface area (Å²) in [6, 6.07) is 0. The van der Waals surface area contributed by atoms with E-state index < -0.39 is 11.9 Å². The number of thioether (sulfide) groups is 1. The van der Waals surface area contributed by atoms with Crippen LogP contribution in [0.2, 0.25) is 0 Å². The third-order valence-corrected chi connectivity index (χ3v) is 3.05. The fraction of sp³-hybridized carbons (Fsp3) is 0.636. The van der Waals surface area contributed by atoms with Crippen molar-refractivity contribution in [2.24, 2.45) is 12.0 Å². The Labute approximate surface area is 120 Å². The lowest BCUT2D eigenvalue weighted by Gasteiger charge is -2.12. The number of hydrogen-bond acceptors (Lipinski definition) is 3. The summed E-state index contributed by atoms with van der Waals surface area (Å²) in [7, 11) is 3.03. The highest BCUT2D eigenvalue weighted by Gasteiger charge is 2.36. The number of nitrogens with one attached hydrogen (secondary N) is 2. The van der Waals surface area contributed by atoms with Crippen LogP contribution in [0.15, 0.2) is 11.2 Å². The van der Waals surface area contributed by atoms with Crippen LogP contribution in [0.1, 0.15) is 11.3 Å². The Hall–Kier alpha value is -1.38. The van der Waals surface area contributed by atoms with Crippen LogP contribution in [0, 0.1) is 0 Å². The second kappa shape index (κ2) is 7.41. The van der Waals surface area contributed by atoms with E-state index in [0.717, 1.165) is 10.4 Å². The van der Waals surface area contributed by atoms with E-state index in [4.69, 9.17) is 0 Å². The van der Waals surface area contributed by atoms with Gasteiger partial charge in [0.05, 0.1) is 0 Å². The first-order chi connectivity index (χ1) is 9.38. The van der Waals surface area contributed by atoms with Crippen LogP contribution >= 0.6 is 11.8 Å². The summed E-state index contributed by atoms with van der Waals surface area (Å²) in [6.07, 6.45) is -1.12. The topological polar surface area (TPSA) is 54.2 Å². The van der Waals surface area contributed by atoms with Crippen molar-refractivity contribution in [2.45, 2.75) is 12.7 Å². The highest BCUT2D eigenvalue weighted by atomic mass is 32.2. The molecule has 1 aromatic rings. The summed E-state index contributed by atoms with van der Waals surface area (Å²) < 4.78 is 39.4. The van der Waals surface area contributed by atoms with E-state index in [1.807, 2.05) is 6.26 Å². The molecule has 0 unspecified atom stereocenters. The molecule has 1 aromatic heterocycles. The van der Waals surface area contributed by atoms with Crippen molar-refractivity contribution in [2.75, 3.05) is 25.6 Å². The van der Waals surface area contributed by atoms with Crippen LogP contribution in [-0.4, -0.2) is 41.3 Å². The molecule has 0 saturated heterocycles. The SMILES string of the molecule is CN=C(NCCSC)NCc1cn(C)nc1C(F)(F)F. The molecule has 0 aliphatic heterocycles. The highest BCUT2D eigenvalue weighted by molar-refractivity contribution is 7.98. The molecule has 0 aromatic carbocycles. The second-order valence-electron chi connectivity index (χ2n) is 4.02. The number of guanidine groups is 1.